The van der Waals surface area contributed by atoms with E-state index >= 15 is 0 Å². The smallest absolute Gasteiger partial charge is 0.167 e. The van der Waals surface area contributed by atoms with Crippen LogP contribution in [-0.2, 0) is 0 Å². The van der Waals surface area contributed by atoms with Crippen molar-refractivity contribution in [1.82, 2.24) is 9.97 Å². The predicted octanol–water partition coefficient (Wildman–Crippen LogP) is 3.08. The van der Waals surface area contributed by atoms with Gasteiger partial charge in [0.1, 0.15) is 0 Å². The molecule has 0 saturated heterocycles. The lowest BCUT2D eigenvalue weighted by Gasteiger charge is -1.98. The molecule has 3 nitrogen and oxygen atoms in total. The van der Waals surface area contributed by atoms with Crippen molar-refractivity contribution in [2.75, 3.05) is 0 Å². The van der Waals surface area contributed by atoms with E-state index in [1.807, 2.05) is 37.3 Å². The third-order valence-corrected chi connectivity index (χ3v) is 3.00. The highest BCUT2D eigenvalue weighted by atomic mass is 32.2. The Balaban J connectivity index is 2.18. The molecule has 2 rings (SSSR count). The second kappa shape index (κ2) is 4.86. The number of hydrogen-bond donors (Lipinski definition) is 1. The number of hydrogen-bond acceptors (Lipinski definition) is 3. The number of rotatable bonds is 3. The van der Waals surface area contributed by atoms with Crippen LogP contribution in [0.25, 0.3) is 11.3 Å². The molecule has 16 heavy (non-hydrogen) atoms. The van der Waals surface area contributed by atoms with Gasteiger partial charge in [-0.15, -0.1) is 0 Å². The zero-order chi connectivity index (χ0) is 11.4. The summed E-state index contributed by atoms with van der Waals surface area (Å²) in [6, 6.07) is 12.2. The Morgan fingerprint density at radius 2 is 2.12 bits per heavy atom. The van der Waals surface area contributed by atoms with E-state index in [1.54, 1.807) is 6.20 Å². The highest BCUT2D eigenvalue weighted by molar-refractivity contribution is 8.00. The Morgan fingerprint density at radius 3 is 2.81 bits per heavy atom. The van der Waals surface area contributed by atoms with Crippen molar-refractivity contribution < 1.29 is 0 Å². The van der Waals surface area contributed by atoms with E-state index in [4.69, 9.17) is 5.26 Å². The molecule has 1 aromatic heterocycles. The van der Waals surface area contributed by atoms with Crippen LogP contribution < -0.4 is 0 Å². The van der Waals surface area contributed by atoms with E-state index in [1.165, 1.54) is 11.8 Å². The Kier molecular flexibility index (Phi) is 3.28. The van der Waals surface area contributed by atoms with Gasteiger partial charge in [0.25, 0.3) is 0 Å². The summed E-state index contributed by atoms with van der Waals surface area (Å²) < 4.78 is 0. The fourth-order valence-corrected chi connectivity index (χ4v) is 1.99. The second-order valence-electron chi connectivity index (χ2n) is 3.36. The lowest BCUT2D eigenvalue weighted by molar-refractivity contribution is 1.05. The van der Waals surface area contributed by atoms with Crippen LogP contribution in [-0.4, -0.2) is 15.2 Å². The number of imidazole rings is 1. The molecule has 0 unspecified atom stereocenters. The average Bonchev–Trinajstić information content (AvgIpc) is 2.78. The van der Waals surface area contributed by atoms with Gasteiger partial charge in [-0.2, -0.15) is 5.26 Å². The average molecular weight is 229 g/mol. The lowest BCUT2D eigenvalue weighted by atomic mass is 10.2. The van der Waals surface area contributed by atoms with Gasteiger partial charge in [-0.3, -0.25) is 0 Å². The van der Waals surface area contributed by atoms with Gasteiger partial charge >= 0.3 is 0 Å². The van der Waals surface area contributed by atoms with E-state index in [0.717, 1.165) is 16.4 Å². The van der Waals surface area contributed by atoms with Gasteiger partial charge in [-0.25, -0.2) is 4.98 Å². The number of aromatic nitrogens is 2. The van der Waals surface area contributed by atoms with Crippen LogP contribution in [0.1, 0.15) is 6.92 Å². The Labute approximate surface area is 98.5 Å². The van der Waals surface area contributed by atoms with Crippen LogP contribution in [0.3, 0.4) is 0 Å². The van der Waals surface area contributed by atoms with E-state index in [2.05, 4.69) is 16.0 Å². The lowest BCUT2D eigenvalue weighted by Crippen LogP contribution is -1.90. The predicted molar refractivity (Wildman–Crippen MR) is 65.0 cm³/mol. The molecular weight excluding hydrogens is 218 g/mol. The summed E-state index contributed by atoms with van der Waals surface area (Å²) in [5.74, 6) is 0. The minimum absolute atomic E-state index is 0.0882. The largest absolute Gasteiger partial charge is 0.333 e. The second-order valence-corrected chi connectivity index (χ2v) is 4.69. The first-order chi connectivity index (χ1) is 7.79. The number of nitrogens with one attached hydrogen (secondary N) is 1. The molecule has 0 bridgehead atoms. The molecule has 1 aromatic carbocycles. The van der Waals surface area contributed by atoms with E-state index < -0.39 is 0 Å². The maximum atomic E-state index is 8.71. The Hall–Kier alpha value is -1.73. The Morgan fingerprint density at radius 1 is 1.38 bits per heavy atom. The maximum absolute atomic E-state index is 8.71. The molecule has 1 heterocycles. The SMILES string of the molecule is C[C@@H](C#N)Sc1ncc(-c2ccccc2)[nH]1. The monoisotopic (exact) mass is 229 g/mol. The van der Waals surface area contributed by atoms with Crippen molar-refractivity contribution in [3.8, 4) is 17.3 Å². The summed E-state index contributed by atoms with van der Waals surface area (Å²) in [5, 5.41) is 9.40. The minimum Gasteiger partial charge on any atom is -0.333 e. The zero-order valence-corrected chi connectivity index (χ0v) is 9.66. The molecule has 0 spiro atoms. The number of nitriles is 1. The van der Waals surface area contributed by atoms with Gasteiger partial charge in [0.15, 0.2) is 5.16 Å². The van der Waals surface area contributed by atoms with Crippen molar-refractivity contribution in [3.05, 3.63) is 36.5 Å². The van der Waals surface area contributed by atoms with Crippen molar-refractivity contribution >= 4 is 11.8 Å². The van der Waals surface area contributed by atoms with Crippen molar-refractivity contribution in [2.45, 2.75) is 17.3 Å². The van der Waals surface area contributed by atoms with E-state index in [9.17, 15) is 0 Å². The molecule has 0 fully saturated rings. The topological polar surface area (TPSA) is 52.5 Å². The molecule has 2 aromatic rings. The summed E-state index contributed by atoms with van der Waals surface area (Å²) in [6.45, 7) is 1.86. The fourth-order valence-electron chi connectivity index (χ4n) is 1.32. The van der Waals surface area contributed by atoms with Crippen LogP contribution in [0, 0.1) is 11.3 Å². The summed E-state index contributed by atoms with van der Waals surface area (Å²) in [5.41, 5.74) is 2.08. The molecular formula is C12H11N3S. The molecule has 0 radical (unpaired) electrons. The van der Waals surface area contributed by atoms with Gasteiger partial charge in [0, 0.05) is 0 Å². The number of nitrogens with zero attached hydrogens (tertiary/aromatic N) is 2. The molecule has 0 amide bonds. The standard InChI is InChI=1S/C12H11N3S/c1-9(7-13)16-12-14-8-11(15-12)10-5-3-2-4-6-10/h2-6,8-9H,1H3,(H,14,15)/t9-/m0/s1. The molecule has 80 valence electrons. The minimum atomic E-state index is -0.0882. The first-order valence-corrected chi connectivity index (χ1v) is 5.84. The third-order valence-electron chi connectivity index (χ3n) is 2.11. The molecule has 1 N–H and O–H groups in total. The van der Waals surface area contributed by atoms with Gasteiger partial charge in [-0.1, -0.05) is 42.1 Å². The molecule has 0 saturated carbocycles. The molecule has 0 aliphatic carbocycles. The van der Waals surface area contributed by atoms with E-state index in [-0.39, 0.29) is 5.25 Å². The fraction of sp³-hybridized carbons (Fsp3) is 0.167. The summed E-state index contributed by atoms with van der Waals surface area (Å²) in [4.78, 5) is 7.43. The summed E-state index contributed by atoms with van der Waals surface area (Å²) in [6.07, 6.45) is 1.79. The van der Waals surface area contributed by atoms with Crippen molar-refractivity contribution in [2.24, 2.45) is 0 Å². The van der Waals surface area contributed by atoms with E-state index in [0.29, 0.717) is 0 Å². The quantitative estimate of drug-likeness (QED) is 0.823. The summed E-state index contributed by atoms with van der Waals surface area (Å²) in [7, 11) is 0. The molecule has 0 aliphatic heterocycles. The Bertz CT molecular complexity index is 498. The molecule has 0 aliphatic rings. The highest BCUT2D eigenvalue weighted by Crippen LogP contribution is 2.23. The van der Waals surface area contributed by atoms with Gasteiger partial charge in [-0.05, 0) is 12.5 Å². The van der Waals surface area contributed by atoms with Gasteiger partial charge in [0.2, 0.25) is 0 Å². The third kappa shape index (κ3) is 2.44. The van der Waals surface area contributed by atoms with Crippen LogP contribution in [0.5, 0.6) is 0 Å². The zero-order valence-electron chi connectivity index (χ0n) is 8.84. The summed E-state index contributed by atoms with van der Waals surface area (Å²) >= 11 is 1.43. The number of thioether (sulfide) groups is 1. The van der Waals surface area contributed by atoms with Crippen molar-refractivity contribution in [3.63, 3.8) is 0 Å². The molecule has 4 heteroatoms. The van der Waals surface area contributed by atoms with Gasteiger partial charge < -0.3 is 4.98 Å². The van der Waals surface area contributed by atoms with Crippen LogP contribution in [0.2, 0.25) is 0 Å². The van der Waals surface area contributed by atoms with Crippen LogP contribution in [0.4, 0.5) is 0 Å². The van der Waals surface area contributed by atoms with Crippen LogP contribution >= 0.6 is 11.8 Å². The van der Waals surface area contributed by atoms with Gasteiger partial charge in [0.05, 0.1) is 23.2 Å². The number of H-pyrrole nitrogens is 1. The first-order valence-electron chi connectivity index (χ1n) is 4.96. The molecule has 1 atom stereocenters. The van der Waals surface area contributed by atoms with Crippen molar-refractivity contribution in [1.29, 1.82) is 5.26 Å². The number of aromatic amines is 1. The number of benzene rings is 1. The highest BCUT2D eigenvalue weighted by Gasteiger charge is 2.07. The normalized spacial score (nSPS) is 12.0. The first kappa shape index (κ1) is 10.8. The maximum Gasteiger partial charge on any atom is 0.167 e. The van der Waals surface area contributed by atoms with Crippen LogP contribution in [0.15, 0.2) is 41.7 Å².